The first-order valence-corrected chi connectivity index (χ1v) is 12.4. The molecule has 0 saturated heterocycles. The molecule has 3 aromatic rings. The Kier molecular flexibility index (Phi) is 7.71. The van der Waals surface area contributed by atoms with Crippen molar-refractivity contribution >= 4 is 18.2 Å². The van der Waals surface area contributed by atoms with Crippen LogP contribution in [0.25, 0.3) is 11.1 Å². The number of alkyl carbamates (subject to hydrolysis) is 1. The van der Waals surface area contributed by atoms with E-state index >= 15 is 0 Å². The third-order valence-electron chi connectivity index (χ3n) is 6.37. The SMILES string of the molecule is COC(=O)N(C1c2ccccc2-c2ccccc21)[C@@H](Cc1ccc(CNC(=O)OC(C)(C)C)cc1)C(=O)O. The summed E-state index contributed by atoms with van der Waals surface area (Å²) in [4.78, 5) is 39.0. The molecule has 0 aromatic heterocycles. The standard InChI is InChI=1S/C30H32N2O6/c1-30(2,3)38-28(35)31-18-20-15-13-19(14-16-20)17-25(27(33)34)32(29(36)37-4)26-23-11-7-5-9-21(23)22-10-6-8-12-24(22)26/h5-16,25-26H,17-18H2,1-4H3,(H,31,35)(H,33,34)/t25-/m0/s1. The number of carbonyl (C=O) groups excluding carboxylic acids is 2. The number of carboxylic acids is 1. The van der Waals surface area contributed by atoms with Crippen molar-refractivity contribution in [2.75, 3.05) is 7.11 Å². The second-order valence-corrected chi connectivity index (χ2v) is 10.2. The van der Waals surface area contributed by atoms with Gasteiger partial charge in [-0.1, -0.05) is 72.8 Å². The number of nitrogens with one attached hydrogen (secondary N) is 1. The lowest BCUT2D eigenvalue weighted by Crippen LogP contribution is -2.48. The smallest absolute Gasteiger partial charge is 0.411 e. The zero-order valence-corrected chi connectivity index (χ0v) is 21.9. The number of fused-ring (bicyclic) bond motifs is 3. The average molecular weight is 517 g/mol. The molecule has 0 heterocycles. The third kappa shape index (κ3) is 5.80. The van der Waals surface area contributed by atoms with Crippen LogP contribution in [0.15, 0.2) is 72.8 Å². The minimum absolute atomic E-state index is 0.0744. The molecule has 0 fully saturated rings. The molecule has 8 heteroatoms. The maximum absolute atomic E-state index is 13.1. The first-order chi connectivity index (χ1) is 18.1. The fourth-order valence-corrected chi connectivity index (χ4v) is 4.76. The molecule has 0 spiro atoms. The lowest BCUT2D eigenvalue weighted by Gasteiger charge is -2.34. The number of hydrogen-bond acceptors (Lipinski definition) is 5. The molecule has 1 aliphatic carbocycles. The quantitative estimate of drug-likeness (QED) is 0.427. The molecule has 0 unspecified atom stereocenters. The summed E-state index contributed by atoms with van der Waals surface area (Å²) in [6, 6.07) is 20.8. The van der Waals surface area contributed by atoms with Crippen LogP contribution in [0, 0.1) is 0 Å². The van der Waals surface area contributed by atoms with Gasteiger partial charge in [0.25, 0.3) is 0 Å². The maximum Gasteiger partial charge on any atom is 0.411 e. The summed E-state index contributed by atoms with van der Waals surface area (Å²) in [6.45, 7) is 5.64. The first-order valence-electron chi connectivity index (χ1n) is 12.4. The Hall–Kier alpha value is -4.33. The van der Waals surface area contributed by atoms with E-state index in [0.29, 0.717) is 0 Å². The zero-order valence-electron chi connectivity index (χ0n) is 21.9. The first kappa shape index (κ1) is 26.7. The van der Waals surface area contributed by atoms with Gasteiger partial charge in [0.1, 0.15) is 11.6 Å². The molecule has 0 saturated carbocycles. The average Bonchev–Trinajstić information content (AvgIpc) is 3.21. The van der Waals surface area contributed by atoms with Crippen molar-refractivity contribution in [2.24, 2.45) is 0 Å². The zero-order chi connectivity index (χ0) is 27.4. The minimum Gasteiger partial charge on any atom is -0.480 e. The Morgan fingerprint density at radius 3 is 1.92 bits per heavy atom. The highest BCUT2D eigenvalue weighted by Gasteiger charge is 2.42. The maximum atomic E-state index is 13.1. The predicted molar refractivity (Wildman–Crippen MR) is 143 cm³/mol. The number of benzene rings is 3. The van der Waals surface area contributed by atoms with Crippen molar-refractivity contribution in [3.8, 4) is 11.1 Å². The van der Waals surface area contributed by atoms with Crippen LogP contribution >= 0.6 is 0 Å². The van der Waals surface area contributed by atoms with Gasteiger partial charge in [-0.3, -0.25) is 4.90 Å². The molecule has 1 atom stereocenters. The fraction of sp³-hybridized carbons (Fsp3) is 0.300. The van der Waals surface area contributed by atoms with E-state index in [1.54, 1.807) is 32.9 Å². The third-order valence-corrected chi connectivity index (χ3v) is 6.37. The van der Waals surface area contributed by atoms with E-state index in [1.165, 1.54) is 12.0 Å². The van der Waals surface area contributed by atoms with Crippen LogP contribution < -0.4 is 5.32 Å². The Morgan fingerprint density at radius 2 is 1.42 bits per heavy atom. The Morgan fingerprint density at radius 1 is 0.895 bits per heavy atom. The highest BCUT2D eigenvalue weighted by Crippen LogP contribution is 2.47. The topological polar surface area (TPSA) is 105 Å². The number of carbonyl (C=O) groups is 3. The number of carboxylic acid groups (broad SMARTS) is 1. The highest BCUT2D eigenvalue weighted by molar-refractivity contribution is 5.85. The van der Waals surface area contributed by atoms with Gasteiger partial charge in [-0.2, -0.15) is 0 Å². The van der Waals surface area contributed by atoms with Crippen LogP contribution in [0.4, 0.5) is 9.59 Å². The molecule has 3 aromatic carbocycles. The summed E-state index contributed by atoms with van der Waals surface area (Å²) in [5.74, 6) is -1.13. The van der Waals surface area contributed by atoms with Gasteiger partial charge in [-0.05, 0) is 54.2 Å². The van der Waals surface area contributed by atoms with E-state index in [2.05, 4.69) is 5.32 Å². The molecule has 2 N–H and O–H groups in total. The number of aliphatic carboxylic acids is 1. The van der Waals surface area contributed by atoms with Crippen LogP contribution in [-0.4, -0.2) is 46.9 Å². The molecular formula is C30H32N2O6. The van der Waals surface area contributed by atoms with Crippen LogP contribution in [0.3, 0.4) is 0 Å². The van der Waals surface area contributed by atoms with Crippen LogP contribution in [-0.2, 0) is 27.2 Å². The second-order valence-electron chi connectivity index (χ2n) is 10.2. The summed E-state index contributed by atoms with van der Waals surface area (Å²) in [6.07, 6.45) is -1.16. The van der Waals surface area contributed by atoms with E-state index in [-0.39, 0.29) is 13.0 Å². The number of ether oxygens (including phenoxy) is 2. The summed E-state index contributed by atoms with van der Waals surface area (Å²) < 4.78 is 10.4. The van der Waals surface area contributed by atoms with Gasteiger partial charge in [0.15, 0.2) is 0 Å². The lowest BCUT2D eigenvalue weighted by atomic mass is 9.98. The van der Waals surface area contributed by atoms with Crippen LogP contribution in [0.1, 0.15) is 49.1 Å². The molecule has 8 nitrogen and oxygen atoms in total. The van der Waals surface area contributed by atoms with E-state index in [1.807, 2.05) is 60.7 Å². The predicted octanol–water partition coefficient (Wildman–Crippen LogP) is 5.55. The molecule has 4 rings (SSSR count). The Labute approximate surface area is 222 Å². The van der Waals surface area contributed by atoms with Gasteiger partial charge in [0.05, 0.1) is 13.2 Å². The molecule has 0 radical (unpaired) electrons. The van der Waals surface area contributed by atoms with Crippen molar-refractivity contribution in [1.29, 1.82) is 0 Å². The van der Waals surface area contributed by atoms with Crippen LogP contribution in [0.5, 0.6) is 0 Å². The summed E-state index contributed by atoms with van der Waals surface area (Å²) >= 11 is 0. The van der Waals surface area contributed by atoms with E-state index in [4.69, 9.17) is 9.47 Å². The van der Waals surface area contributed by atoms with Gasteiger partial charge in [0, 0.05) is 13.0 Å². The molecule has 0 bridgehead atoms. The van der Waals surface area contributed by atoms with Crippen molar-refractivity contribution < 1.29 is 29.0 Å². The largest absolute Gasteiger partial charge is 0.480 e. The molecule has 38 heavy (non-hydrogen) atoms. The molecule has 198 valence electrons. The number of methoxy groups -OCH3 is 1. The highest BCUT2D eigenvalue weighted by atomic mass is 16.6. The van der Waals surface area contributed by atoms with Gasteiger partial charge in [0.2, 0.25) is 0 Å². The summed E-state index contributed by atoms with van der Waals surface area (Å²) in [5.41, 5.74) is 4.61. The number of amides is 2. The summed E-state index contributed by atoms with van der Waals surface area (Å²) in [7, 11) is 1.26. The lowest BCUT2D eigenvalue weighted by molar-refractivity contribution is -0.143. The summed E-state index contributed by atoms with van der Waals surface area (Å²) in [5, 5.41) is 13.0. The van der Waals surface area contributed by atoms with E-state index in [0.717, 1.165) is 33.4 Å². The molecule has 2 amide bonds. The van der Waals surface area contributed by atoms with E-state index < -0.39 is 35.8 Å². The number of rotatable bonds is 7. The van der Waals surface area contributed by atoms with Crippen molar-refractivity contribution in [3.63, 3.8) is 0 Å². The van der Waals surface area contributed by atoms with Crippen molar-refractivity contribution in [2.45, 2.75) is 51.4 Å². The van der Waals surface area contributed by atoms with Crippen LogP contribution in [0.2, 0.25) is 0 Å². The van der Waals surface area contributed by atoms with Crippen molar-refractivity contribution in [1.82, 2.24) is 10.2 Å². The Balaban J connectivity index is 1.59. The molecule has 1 aliphatic rings. The molecular weight excluding hydrogens is 484 g/mol. The second kappa shape index (κ2) is 11.0. The van der Waals surface area contributed by atoms with Gasteiger partial charge < -0.3 is 19.9 Å². The molecule has 0 aliphatic heterocycles. The number of hydrogen-bond donors (Lipinski definition) is 2. The number of nitrogens with zero attached hydrogens (tertiary/aromatic N) is 1. The Bertz CT molecular complexity index is 1280. The van der Waals surface area contributed by atoms with Gasteiger partial charge in [-0.25, -0.2) is 14.4 Å². The monoisotopic (exact) mass is 516 g/mol. The van der Waals surface area contributed by atoms with Gasteiger partial charge >= 0.3 is 18.2 Å². The van der Waals surface area contributed by atoms with Gasteiger partial charge in [-0.15, -0.1) is 0 Å². The fourth-order valence-electron chi connectivity index (χ4n) is 4.76. The minimum atomic E-state index is -1.18. The van der Waals surface area contributed by atoms with E-state index in [9.17, 15) is 19.5 Å². The van der Waals surface area contributed by atoms with Crippen molar-refractivity contribution in [3.05, 3.63) is 95.1 Å². The normalized spacial score (nSPS) is 13.2.